The molecule has 0 saturated heterocycles. The number of hydrazone groups is 1. The molecule has 1 amide bonds. The van der Waals surface area contributed by atoms with E-state index in [1.807, 2.05) is 78.9 Å². The standard InChI is InChI=1S/C30H22N2O4/c33-29(20-35-27-16-8-13-21-9-5-7-15-25(21)27)32-31-19-26-24-14-6-4-10-22(24)17-18-28(26)36-30(34)23-11-2-1-3-12-23/h1-19H,20H2,(H,32,33)/b31-19+. The molecule has 0 heterocycles. The van der Waals surface area contributed by atoms with Crippen LogP contribution in [0.25, 0.3) is 21.5 Å². The molecule has 0 unspecified atom stereocenters. The Morgan fingerprint density at radius 3 is 2.17 bits per heavy atom. The van der Waals surface area contributed by atoms with Crippen LogP contribution in [0.3, 0.4) is 0 Å². The van der Waals surface area contributed by atoms with Crippen LogP contribution in [-0.4, -0.2) is 24.7 Å². The van der Waals surface area contributed by atoms with Gasteiger partial charge in [-0.25, -0.2) is 10.2 Å². The van der Waals surface area contributed by atoms with E-state index in [-0.39, 0.29) is 6.61 Å². The van der Waals surface area contributed by atoms with E-state index >= 15 is 0 Å². The van der Waals surface area contributed by atoms with Gasteiger partial charge in [-0.15, -0.1) is 0 Å². The molecule has 36 heavy (non-hydrogen) atoms. The van der Waals surface area contributed by atoms with Crippen LogP contribution in [-0.2, 0) is 4.79 Å². The Morgan fingerprint density at radius 2 is 1.36 bits per heavy atom. The Labute approximate surface area is 207 Å². The molecule has 0 atom stereocenters. The maximum absolute atomic E-state index is 12.6. The van der Waals surface area contributed by atoms with Gasteiger partial charge in [-0.1, -0.05) is 84.9 Å². The molecule has 5 aromatic carbocycles. The van der Waals surface area contributed by atoms with Gasteiger partial charge in [-0.3, -0.25) is 4.79 Å². The van der Waals surface area contributed by atoms with E-state index < -0.39 is 11.9 Å². The molecule has 5 aromatic rings. The average molecular weight is 475 g/mol. The van der Waals surface area contributed by atoms with Gasteiger partial charge in [0.1, 0.15) is 11.5 Å². The summed E-state index contributed by atoms with van der Waals surface area (Å²) in [5, 5.41) is 7.85. The Morgan fingerprint density at radius 1 is 0.694 bits per heavy atom. The first kappa shape index (κ1) is 22.8. The Balaban J connectivity index is 1.32. The molecule has 1 N–H and O–H groups in total. The average Bonchev–Trinajstić information content (AvgIpc) is 2.93. The van der Waals surface area contributed by atoms with Crippen molar-refractivity contribution in [3.8, 4) is 11.5 Å². The highest BCUT2D eigenvalue weighted by Gasteiger charge is 2.13. The lowest BCUT2D eigenvalue weighted by atomic mass is 10.0. The minimum Gasteiger partial charge on any atom is -0.483 e. The number of ether oxygens (including phenoxy) is 2. The van der Waals surface area contributed by atoms with E-state index in [9.17, 15) is 9.59 Å². The molecule has 0 radical (unpaired) electrons. The Kier molecular flexibility index (Phi) is 6.67. The Hall–Kier alpha value is -4.97. The van der Waals surface area contributed by atoms with E-state index in [2.05, 4.69) is 10.5 Å². The number of carbonyl (C=O) groups is 2. The zero-order valence-electron chi connectivity index (χ0n) is 19.3. The number of nitrogens with one attached hydrogen (secondary N) is 1. The van der Waals surface area contributed by atoms with Gasteiger partial charge in [0.25, 0.3) is 5.91 Å². The third-order valence-corrected chi connectivity index (χ3v) is 5.63. The minimum absolute atomic E-state index is 0.198. The van der Waals surface area contributed by atoms with Crippen molar-refractivity contribution in [1.82, 2.24) is 5.43 Å². The number of esters is 1. The highest BCUT2D eigenvalue weighted by atomic mass is 16.5. The topological polar surface area (TPSA) is 77.0 Å². The Bertz CT molecular complexity index is 1570. The molecule has 0 aliphatic heterocycles. The van der Waals surface area contributed by atoms with Gasteiger partial charge in [0.15, 0.2) is 6.61 Å². The van der Waals surface area contributed by atoms with Crippen molar-refractivity contribution < 1.29 is 19.1 Å². The minimum atomic E-state index is -0.479. The molecule has 0 saturated carbocycles. The zero-order chi connectivity index (χ0) is 24.7. The predicted molar refractivity (Wildman–Crippen MR) is 141 cm³/mol. The van der Waals surface area contributed by atoms with E-state index in [1.165, 1.54) is 6.21 Å². The third kappa shape index (κ3) is 5.08. The third-order valence-electron chi connectivity index (χ3n) is 5.63. The monoisotopic (exact) mass is 474 g/mol. The number of amides is 1. The summed E-state index contributed by atoms with van der Waals surface area (Å²) in [5.41, 5.74) is 3.51. The van der Waals surface area contributed by atoms with E-state index in [0.717, 1.165) is 21.5 Å². The van der Waals surface area contributed by atoms with Crippen molar-refractivity contribution in [2.75, 3.05) is 6.61 Å². The number of fused-ring (bicyclic) bond motifs is 2. The second-order valence-corrected chi connectivity index (χ2v) is 8.01. The van der Waals surface area contributed by atoms with Crippen LogP contribution in [0.5, 0.6) is 11.5 Å². The summed E-state index contributed by atoms with van der Waals surface area (Å²) in [7, 11) is 0. The summed E-state index contributed by atoms with van der Waals surface area (Å²) >= 11 is 0. The van der Waals surface area contributed by atoms with E-state index in [4.69, 9.17) is 9.47 Å². The fourth-order valence-corrected chi connectivity index (χ4v) is 3.90. The number of benzene rings is 5. The summed E-state index contributed by atoms with van der Waals surface area (Å²) in [4.78, 5) is 25.1. The lowest BCUT2D eigenvalue weighted by Gasteiger charge is -2.11. The van der Waals surface area contributed by atoms with Crippen LogP contribution in [0.4, 0.5) is 0 Å². The fourth-order valence-electron chi connectivity index (χ4n) is 3.90. The first-order chi connectivity index (χ1) is 17.7. The predicted octanol–water partition coefficient (Wildman–Crippen LogP) is 5.74. The fraction of sp³-hybridized carbons (Fsp3) is 0.0333. The second kappa shape index (κ2) is 10.5. The normalized spacial score (nSPS) is 11.0. The number of hydrogen-bond acceptors (Lipinski definition) is 5. The quantitative estimate of drug-likeness (QED) is 0.141. The van der Waals surface area contributed by atoms with Crippen LogP contribution in [0, 0.1) is 0 Å². The van der Waals surface area contributed by atoms with Gasteiger partial charge in [0.05, 0.1) is 11.8 Å². The SMILES string of the molecule is O=C(COc1cccc2ccccc12)N/N=C/c1c(OC(=O)c2ccccc2)ccc2ccccc12. The number of nitrogens with zero attached hydrogens (tertiary/aromatic N) is 1. The van der Waals surface area contributed by atoms with Crippen molar-refractivity contribution >= 4 is 39.6 Å². The van der Waals surface area contributed by atoms with Crippen molar-refractivity contribution in [2.24, 2.45) is 5.10 Å². The smallest absolute Gasteiger partial charge is 0.343 e. The number of carbonyl (C=O) groups excluding carboxylic acids is 2. The lowest BCUT2D eigenvalue weighted by molar-refractivity contribution is -0.123. The van der Waals surface area contributed by atoms with Gasteiger partial charge in [0.2, 0.25) is 0 Å². The van der Waals surface area contributed by atoms with Crippen molar-refractivity contribution in [2.45, 2.75) is 0 Å². The van der Waals surface area contributed by atoms with Crippen LogP contribution >= 0.6 is 0 Å². The van der Waals surface area contributed by atoms with Gasteiger partial charge >= 0.3 is 5.97 Å². The van der Waals surface area contributed by atoms with Crippen LogP contribution in [0.2, 0.25) is 0 Å². The molecule has 0 aliphatic carbocycles. The van der Waals surface area contributed by atoms with Crippen molar-refractivity contribution in [3.63, 3.8) is 0 Å². The second-order valence-electron chi connectivity index (χ2n) is 8.01. The molecule has 0 aromatic heterocycles. The highest BCUT2D eigenvalue weighted by molar-refractivity contribution is 6.04. The van der Waals surface area contributed by atoms with Gasteiger partial charge < -0.3 is 9.47 Å². The molecule has 6 heteroatoms. The summed E-state index contributed by atoms with van der Waals surface area (Å²) in [6.45, 7) is -0.198. The molecule has 0 aliphatic rings. The first-order valence-corrected chi connectivity index (χ1v) is 11.4. The summed E-state index contributed by atoms with van der Waals surface area (Å²) in [6, 6.07) is 33.5. The van der Waals surface area contributed by atoms with Gasteiger partial charge in [0, 0.05) is 10.9 Å². The largest absolute Gasteiger partial charge is 0.483 e. The lowest BCUT2D eigenvalue weighted by Crippen LogP contribution is -2.24. The van der Waals surface area contributed by atoms with E-state index in [1.54, 1.807) is 30.3 Å². The van der Waals surface area contributed by atoms with Crippen molar-refractivity contribution in [3.05, 3.63) is 120 Å². The molecular formula is C30H22N2O4. The maximum atomic E-state index is 12.6. The van der Waals surface area contributed by atoms with E-state index in [0.29, 0.717) is 22.6 Å². The maximum Gasteiger partial charge on any atom is 0.343 e. The molecule has 6 nitrogen and oxygen atoms in total. The van der Waals surface area contributed by atoms with Crippen LogP contribution in [0.15, 0.2) is 114 Å². The van der Waals surface area contributed by atoms with Gasteiger partial charge in [-0.05, 0) is 40.4 Å². The molecule has 0 spiro atoms. The summed E-state index contributed by atoms with van der Waals surface area (Å²) < 4.78 is 11.4. The zero-order valence-corrected chi connectivity index (χ0v) is 19.3. The first-order valence-electron chi connectivity index (χ1n) is 11.4. The summed E-state index contributed by atoms with van der Waals surface area (Å²) in [5.74, 6) is 0.0688. The van der Waals surface area contributed by atoms with Crippen molar-refractivity contribution in [1.29, 1.82) is 0 Å². The molecule has 5 rings (SSSR count). The molecule has 0 fully saturated rings. The highest BCUT2D eigenvalue weighted by Crippen LogP contribution is 2.28. The molecule has 0 bridgehead atoms. The molecular weight excluding hydrogens is 452 g/mol. The number of rotatable bonds is 7. The molecule has 176 valence electrons. The van der Waals surface area contributed by atoms with Gasteiger partial charge in [-0.2, -0.15) is 5.10 Å². The van der Waals surface area contributed by atoms with Crippen LogP contribution < -0.4 is 14.9 Å². The number of hydrogen-bond donors (Lipinski definition) is 1. The van der Waals surface area contributed by atoms with Crippen LogP contribution in [0.1, 0.15) is 15.9 Å². The summed E-state index contributed by atoms with van der Waals surface area (Å²) in [6.07, 6.45) is 1.48.